The number of pyridine rings is 1. The Morgan fingerprint density at radius 3 is 1.56 bits per heavy atom. The van der Waals surface area contributed by atoms with Gasteiger partial charge in [0, 0.05) is 55.2 Å². The summed E-state index contributed by atoms with van der Waals surface area (Å²) in [7, 11) is 0. The third kappa shape index (κ3) is 5.98. The molecule has 0 amide bonds. The molecule has 0 saturated heterocycles. The Balaban J connectivity index is 1.02. The Kier molecular flexibility index (Phi) is 8.42. The second kappa shape index (κ2) is 14.7. The van der Waals surface area contributed by atoms with Crippen LogP contribution in [-0.4, -0.2) is 24.1 Å². The van der Waals surface area contributed by atoms with Crippen LogP contribution in [-0.2, 0) is 0 Å². The van der Waals surface area contributed by atoms with E-state index in [9.17, 15) is 0 Å². The van der Waals surface area contributed by atoms with Crippen molar-refractivity contribution >= 4 is 38.1 Å². The molecule has 8 aromatic carbocycles. The summed E-state index contributed by atoms with van der Waals surface area (Å²) in [6.07, 6.45) is 0. The monoisotopic (exact) mass is 791 g/mol. The van der Waals surface area contributed by atoms with Crippen LogP contribution >= 0.6 is 0 Å². The molecule has 0 aliphatic rings. The van der Waals surface area contributed by atoms with Crippen LogP contribution in [0.15, 0.2) is 224 Å². The zero-order valence-corrected chi connectivity index (χ0v) is 33.6. The summed E-state index contributed by atoms with van der Waals surface area (Å²) >= 11 is 0. The Bertz CT molecular complexity index is 3550. The molecule has 0 spiro atoms. The summed E-state index contributed by atoms with van der Waals surface area (Å²) in [6.45, 7) is 0. The molecule has 0 aliphatic carbocycles. The van der Waals surface area contributed by atoms with E-state index in [1.165, 1.54) is 21.8 Å². The lowest BCUT2D eigenvalue weighted by Crippen LogP contribution is -1.98. The first-order chi connectivity index (χ1) is 30.7. The SMILES string of the molecule is c1ccc(-c2cc(-c3cccc(-c4cc5ccccc5c5c(-c6ccccc6)c(-c6ccccc6)nn45)c3)nc(-c3ccc(-n4c5ccccc5c5ccccc54)cc3)n2)cc1. The Morgan fingerprint density at radius 1 is 0.355 bits per heavy atom. The molecule has 0 bridgehead atoms. The largest absolute Gasteiger partial charge is 0.309 e. The van der Waals surface area contributed by atoms with Crippen molar-refractivity contribution in [2.24, 2.45) is 0 Å². The molecule has 4 aromatic heterocycles. The zero-order valence-electron chi connectivity index (χ0n) is 33.6. The molecule has 12 aromatic rings. The predicted octanol–water partition coefficient (Wildman–Crippen LogP) is 14.4. The van der Waals surface area contributed by atoms with Gasteiger partial charge in [-0.25, -0.2) is 14.5 Å². The summed E-state index contributed by atoms with van der Waals surface area (Å²) in [5.41, 5.74) is 15.5. The highest BCUT2D eigenvalue weighted by atomic mass is 15.2. The van der Waals surface area contributed by atoms with Crippen molar-refractivity contribution in [1.82, 2.24) is 24.1 Å². The third-order valence-electron chi connectivity index (χ3n) is 11.9. The van der Waals surface area contributed by atoms with Crippen molar-refractivity contribution in [3.63, 3.8) is 0 Å². The van der Waals surface area contributed by atoms with E-state index in [1.54, 1.807) is 0 Å². The summed E-state index contributed by atoms with van der Waals surface area (Å²) < 4.78 is 4.48. The van der Waals surface area contributed by atoms with Crippen molar-refractivity contribution in [2.45, 2.75) is 0 Å². The van der Waals surface area contributed by atoms with Crippen molar-refractivity contribution in [3.8, 4) is 73.2 Å². The second-order valence-corrected chi connectivity index (χ2v) is 15.7. The van der Waals surface area contributed by atoms with Gasteiger partial charge in [-0.15, -0.1) is 0 Å². The fraction of sp³-hybridized carbons (Fsp3) is 0. The van der Waals surface area contributed by atoms with Crippen LogP contribution in [0.3, 0.4) is 0 Å². The van der Waals surface area contributed by atoms with Crippen LogP contribution in [0.1, 0.15) is 0 Å². The van der Waals surface area contributed by atoms with Gasteiger partial charge in [-0.3, -0.25) is 0 Å². The number of para-hydroxylation sites is 2. The number of nitrogens with zero attached hydrogens (tertiary/aromatic N) is 5. The molecule has 0 atom stereocenters. The number of hydrogen-bond acceptors (Lipinski definition) is 3. The quantitative estimate of drug-likeness (QED) is 0.162. The van der Waals surface area contributed by atoms with Crippen molar-refractivity contribution < 1.29 is 0 Å². The minimum Gasteiger partial charge on any atom is -0.309 e. The van der Waals surface area contributed by atoms with Crippen LogP contribution in [0, 0.1) is 0 Å². The van der Waals surface area contributed by atoms with Gasteiger partial charge in [-0.1, -0.05) is 170 Å². The molecule has 0 aliphatic heterocycles. The molecular formula is C57H37N5. The van der Waals surface area contributed by atoms with E-state index in [0.29, 0.717) is 5.82 Å². The number of benzene rings is 8. The minimum atomic E-state index is 0.667. The molecular weight excluding hydrogens is 755 g/mol. The van der Waals surface area contributed by atoms with E-state index >= 15 is 0 Å². The molecule has 5 heteroatoms. The van der Waals surface area contributed by atoms with Crippen molar-refractivity contribution in [3.05, 3.63) is 224 Å². The first-order valence-corrected chi connectivity index (χ1v) is 20.9. The Morgan fingerprint density at radius 2 is 0.887 bits per heavy atom. The van der Waals surface area contributed by atoms with Crippen molar-refractivity contribution in [1.29, 1.82) is 0 Å². The lowest BCUT2D eigenvalue weighted by Gasteiger charge is -2.13. The summed E-state index contributed by atoms with van der Waals surface area (Å²) in [5, 5.41) is 10.2. The van der Waals surface area contributed by atoms with Gasteiger partial charge in [0.2, 0.25) is 0 Å². The van der Waals surface area contributed by atoms with Gasteiger partial charge in [0.1, 0.15) is 5.69 Å². The highest BCUT2D eigenvalue weighted by Gasteiger charge is 2.22. The summed E-state index contributed by atoms with van der Waals surface area (Å²) in [4.78, 5) is 10.5. The summed E-state index contributed by atoms with van der Waals surface area (Å²) in [6, 6.07) is 79.0. The maximum absolute atomic E-state index is 5.44. The fourth-order valence-corrected chi connectivity index (χ4v) is 9.05. The van der Waals surface area contributed by atoms with E-state index in [-0.39, 0.29) is 0 Å². The highest BCUT2D eigenvalue weighted by Crippen LogP contribution is 2.41. The number of rotatable bonds is 7. The lowest BCUT2D eigenvalue weighted by molar-refractivity contribution is 0.979. The van der Waals surface area contributed by atoms with Gasteiger partial charge >= 0.3 is 0 Å². The van der Waals surface area contributed by atoms with Gasteiger partial charge in [-0.2, -0.15) is 5.10 Å². The van der Waals surface area contributed by atoms with Crippen LogP contribution in [0.25, 0.3) is 111 Å². The molecule has 62 heavy (non-hydrogen) atoms. The topological polar surface area (TPSA) is 48.0 Å². The maximum Gasteiger partial charge on any atom is 0.160 e. The standard InChI is InChI=1S/C57H37N5/c1-4-17-38(18-5-1)49-37-50(59-57(58-49)41-31-33-45(34-32-41)61-51-29-14-12-27-47(51)48-28-13-15-30-52(48)61)43-24-16-25-44(35-43)53-36-42-23-10-11-26-46(42)56-54(39-19-6-2-7-20-39)55(60-62(53)56)40-21-8-3-9-22-40/h1-37H. The first-order valence-electron chi connectivity index (χ1n) is 20.9. The molecule has 12 rings (SSSR count). The van der Waals surface area contributed by atoms with Crippen LogP contribution in [0.5, 0.6) is 0 Å². The van der Waals surface area contributed by atoms with E-state index < -0.39 is 0 Å². The van der Waals surface area contributed by atoms with E-state index in [4.69, 9.17) is 15.1 Å². The van der Waals surface area contributed by atoms with Crippen LogP contribution in [0.4, 0.5) is 0 Å². The number of fused-ring (bicyclic) bond motifs is 6. The molecule has 0 radical (unpaired) electrons. The van der Waals surface area contributed by atoms with Gasteiger partial charge < -0.3 is 4.57 Å². The maximum atomic E-state index is 5.44. The molecule has 0 unspecified atom stereocenters. The lowest BCUT2D eigenvalue weighted by atomic mass is 9.96. The number of aromatic nitrogens is 5. The van der Waals surface area contributed by atoms with E-state index in [1.807, 2.05) is 6.07 Å². The second-order valence-electron chi connectivity index (χ2n) is 15.7. The predicted molar refractivity (Wildman–Crippen MR) is 255 cm³/mol. The normalized spacial score (nSPS) is 11.5. The average Bonchev–Trinajstić information content (AvgIpc) is 3.92. The molecule has 0 saturated carbocycles. The van der Waals surface area contributed by atoms with Gasteiger partial charge in [0.05, 0.1) is 33.6 Å². The van der Waals surface area contributed by atoms with Crippen LogP contribution < -0.4 is 0 Å². The first kappa shape index (κ1) is 35.5. The summed E-state index contributed by atoms with van der Waals surface area (Å²) in [5.74, 6) is 0.667. The zero-order chi connectivity index (χ0) is 41.0. The molecule has 4 heterocycles. The van der Waals surface area contributed by atoms with Gasteiger partial charge in [0.15, 0.2) is 5.82 Å². The molecule has 0 fully saturated rings. The Hall–Kier alpha value is -8.41. The minimum absolute atomic E-state index is 0.667. The van der Waals surface area contributed by atoms with Gasteiger partial charge in [0.25, 0.3) is 0 Å². The van der Waals surface area contributed by atoms with Gasteiger partial charge in [-0.05, 0) is 65.5 Å². The fourth-order valence-electron chi connectivity index (χ4n) is 9.05. The number of hydrogen-bond donors (Lipinski definition) is 0. The molecule has 290 valence electrons. The Labute approximate surface area is 358 Å². The third-order valence-corrected chi connectivity index (χ3v) is 11.9. The van der Waals surface area contributed by atoms with E-state index in [0.717, 1.165) is 83.7 Å². The smallest absolute Gasteiger partial charge is 0.160 e. The molecule has 5 nitrogen and oxygen atoms in total. The average molecular weight is 792 g/mol. The molecule has 0 N–H and O–H groups in total. The van der Waals surface area contributed by atoms with Crippen LogP contribution in [0.2, 0.25) is 0 Å². The van der Waals surface area contributed by atoms with Crippen molar-refractivity contribution in [2.75, 3.05) is 0 Å². The highest BCUT2D eigenvalue weighted by molar-refractivity contribution is 6.10. The van der Waals surface area contributed by atoms with E-state index in [2.05, 4.69) is 227 Å².